The van der Waals surface area contributed by atoms with E-state index in [0.29, 0.717) is 28.8 Å². The molecule has 21 heavy (non-hydrogen) atoms. The van der Waals surface area contributed by atoms with Crippen LogP contribution >= 0.6 is 0 Å². The molecule has 0 saturated heterocycles. The van der Waals surface area contributed by atoms with Gasteiger partial charge in [-0.3, -0.25) is 4.79 Å². The van der Waals surface area contributed by atoms with Crippen LogP contribution in [0.5, 0.6) is 0 Å². The zero-order valence-electron chi connectivity index (χ0n) is 11.9. The lowest BCUT2D eigenvalue weighted by Gasteiger charge is -2.32. The second-order valence-electron chi connectivity index (χ2n) is 5.83. The molecule has 3 rings (SSSR count). The molecule has 1 aromatic heterocycles. The summed E-state index contributed by atoms with van der Waals surface area (Å²) in [6, 6.07) is 3.38. The quantitative estimate of drug-likeness (QED) is 0.642. The number of hydrogen-bond donors (Lipinski definition) is 4. The number of rotatable bonds is 3. The Balaban J connectivity index is 1.84. The number of nitrogen functional groups attached to an aromatic ring is 1. The first-order chi connectivity index (χ1) is 10.1. The van der Waals surface area contributed by atoms with E-state index < -0.39 is 5.60 Å². The van der Waals surface area contributed by atoms with Crippen molar-refractivity contribution in [3.63, 3.8) is 0 Å². The summed E-state index contributed by atoms with van der Waals surface area (Å²) < 4.78 is 0. The van der Waals surface area contributed by atoms with Crippen LogP contribution in [0.1, 0.15) is 32.1 Å². The van der Waals surface area contributed by atoms with Crippen LogP contribution in [0.15, 0.2) is 23.3 Å². The van der Waals surface area contributed by atoms with Crippen LogP contribution in [0, 0.1) is 0 Å². The second-order valence-corrected chi connectivity index (χ2v) is 5.83. The van der Waals surface area contributed by atoms with E-state index in [4.69, 9.17) is 5.73 Å². The molecule has 1 aliphatic rings. The monoisotopic (exact) mass is 288 g/mol. The van der Waals surface area contributed by atoms with Crippen LogP contribution in [-0.4, -0.2) is 27.2 Å². The Morgan fingerprint density at radius 3 is 2.86 bits per heavy atom. The molecule has 0 bridgehead atoms. The largest absolute Gasteiger partial charge is 0.397 e. The summed E-state index contributed by atoms with van der Waals surface area (Å²) >= 11 is 0. The molecule has 6 nitrogen and oxygen atoms in total. The first-order valence-electron chi connectivity index (χ1n) is 7.31. The Hall–Kier alpha value is -2.08. The maximum Gasteiger partial charge on any atom is 0.258 e. The van der Waals surface area contributed by atoms with Crippen molar-refractivity contribution in [2.45, 2.75) is 37.7 Å². The molecule has 1 fully saturated rings. The van der Waals surface area contributed by atoms with Gasteiger partial charge < -0.3 is 21.1 Å². The molecular weight excluding hydrogens is 268 g/mol. The average molecular weight is 288 g/mol. The standard InChI is InChI=1S/C15H20N4O2/c16-11-6-10-12(18-9-19-14(10)20)7-13(11)17-8-15(21)4-2-1-3-5-15/h6-7,9,17,21H,1-5,8,16H2,(H,18,19,20). The minimum atomic E-state index is -0.665. The van der Waals surface area contributed by atoms with Gasteiger partial charge in [0.25, 0.3) is 5.56 Å². The molecule has 1 aromatic carbocycles. The molecule has 0 atom stereocenters. The lowest BCUT2D eigenvalue weighted by atomic mass is 9.85. The summed E-state index contributed by atoms with van der Waals surface area (Å²) in [7, 11) is 0. The summed E-state index contributed by atoms with van der Waals surface area (Å²) in [5, 5.41) is 14.2. The summed E-state index contributed by atoms with van der Waals surface area (Å²) in [6.07, 6.45) is 6.30. The van der Waals surface area contributed by atoms with Crippen molar-refractivity contribution in [3.8, 4) is 0 Å². The van der Waals surface area contributed by atoms with E-state index >= 15 is 0 Å². The van der Waals surface area contributed by atoms with Crippen molar-refractivity contribution in [2.75, 3.05) is 17.6 Å². The molecule has 1 aliphatic carbocycles. The number of aromatic nitrogens is 2. The van der Waals surface area contributed by atoms with Gasteiger partial charge in [0.05, 0.1) is 34.2 Å². The fourth-order valence-corrected chi connectivity index (χ4v) is 2.93. The third-order valence-electron chi connectivity index (χ3n) is 4.20. The van der Waals surface area contributed by atoms with Gasteiger partial charge in [0.15, 0.2) is 0 Å². The maximum atomic E-state index is 11.7. The van der Waals surface area contributed by atoms with Crippen LogP contribution in [-0.2, 0) is 0 Å². The molecule has 1 heterocycles. The number of aliphatic hydroxyl groups is 1. The normalized spacial score (nSPS) is 17.8. The molecule has 2 aromatic rings. The molecule has 6 heteroatoms. The van der Waals surface area contributed by atoms with Crippen LogP contribution in [0.3, 0.4) is 0 Å². The maximum absolute atomic E-state index is 11.7. The Kier molecular flexibility index (Phi) is 3.55. The zero-order chi connectivity index (χ0) is 14.9. The Labute approximate surface area is 122 Å². The number of benzene rings is 1. The van der Waals surface area contributed by atoms with Crippen LogP contribution in [0.25, 0.3) is 10.9 Å². The van der Waals surface area contributed by atoms with Crippen molar-refractivity contribution in [1.29, 1.82) is 0 Å². The van der Waals surface area contributed by atoms with E-state index in [0.717, 1.165) is 25.7 Å². The number of nitrogens with one attached hydrogen (secondary N) is 2. The molecule has 5 N–H and O–H groups in total. The predicted molar refractivity (Wildman–Crippen MR) is 83.3 cm³/mol. The van der Waals surface area contributed by atoms with Crippen molar-refractivity contribution < 1.29 is 5.11 Å². The lowest BCUT2D eigenvalue weighted by Crippen LogP contribution is -2.38. The van der Waals surface area contributed by atoms with Crippen molar-refractivity contribution >= 4 is 22.3 Å². The number of nitrogens with zero attached hydrogens (tertiary/aromatic N) is 1. The smallest absolute Gasteiger partial charge is 0.258 e. The lowest BCUT2D eigenvalue weighted by molar-refractivity contribution is 0.0167. The van der Waals surface area contributed by atoms with E-state index in [1.54, 1.807) is 12.1 Å². The van der Waals surface area contributed by atoms with Gasteiger partial charge in [-0.05, 0) is 25.0 Å². The molecule has 0 spiro atoms. The summed E-state index contributed by atoms with van der Waals surface area (Å²) in [6.45, 7) is 0.464. The first kappa shape index (κ1) is 13.9. The highest BCUT2D eigenvalue weighted by molar-refractivity contribution is 5.88. The fraction of sp³-hybridized carbons (Fsp3) is 0.467. The summed E-state index contributed by atoms with van der Waals surface area (Å²) in [4.78, 5) is 18.4. The Morgan fingerprint density at radius 1 is 1.33 bits per heavy atom. The van der Waals surface area contributed by atoms with Gasteiger partial charge in [-0.2, -0.15) is 0 Å². The molecule has 0 aliphatic heterocycles. The van der Waals surface area contributed by atoms with E-state index in [2.05, 4.69) is 15.3 Å². The SMILES string of the molecule is Nc1cc2c(=O)[nH]cnc2cc1NCC1(O)CCCCC1. The number of H-pyrrole nitrogens is 1. The van der Waals surface area contributed by atoms with Crippen molar-refractivity contribution in [1.82, 2.24) is 9.97 Å². The molecule has 0 amide bonds. The second kappa shape index (κ2) is 5.37. The van der Waals surface area contributed by atoms with Gasteiger partial charge in [0.1, 0.15) is 0 Å². The number of hydrogen-bond acceptors (Lipinski definition) is 5. The van der Waals surface area contributed by atoms with E-state index in [9.17, 15) is 9.90 Å². The van der Waals surface area contributed by atoms with Gasteiger partial charge in [0, 0.05) is 6.54 Å². The zero-order valence-corrected chi connectivity index (χ0v) is 11.9. The number of anilines is 2. The van der Waals surface area contributed by atoms with Gasteiger partial charge >= 0.3 is 0 Å². The van der Waals surface area contributed by atoms with Gasteiger partial charge in [-0.25, -0.2) is 4.98 Å². The fourth-order valence-electron chi connectivity index (χ4n) is 2.93. The van der Waals surface area contributed by atoms with Crippen LogP contribution in [0.4, 0.5) is 11.4 Å². The molecule has 0 unspecified atom stereocenters. The molecule has 1 saturated carbocycles. The highest BCUT2D eigenvalue weighted by atomic mass is 16.3. The van der Waals surface area contributed by atoms with Gasteiger partial charge in [-0.15, -0.1) is 0 Å². The third-order valence-corrected chi connectivity index (χ3v) is 4.20. The Morgan fingerprint density at radius 2 is 2.10 bits per heavy atom. The summed E-state index contributed by atoms with van der Waals surface area (Å²) in [5.74, 6) is 0. The molecular formula is C15H20N4O2. The first-order valence-corrected chi connectivity index (χ1v) is 7.31. The Bertz CT molecular complexity index is 704. The van der Waals surface area contributed by atoms with Crippen LogP contribution < -0.4 is 16.6 Å². The van der Waals surface area contributed by atoms with Crippen molar-refractivity contribution in [3.05, 3.63) is 28.8 Å². The third kappa shape index (κ3) is 2.85. The highest BCUT2D eigenvalue weighted by Gasteiger charge is 2.28. The number of nitrogens with two attached hydrogens (primary N) is 1. The predicted octanol–water partition coefficient (Wildman–Crippen LogP) is 1.61. The highest BCUT2D eigenvalue weighted by Crippen LogP contribution is 2.30. The van der Waals surface area contributed by atoms with Gasteiger partial charge in [-0.1, -0.05) is 19.3 Å². The number of aromatic amines is 1. The van der Waals surface area contributed by atoms with Crippen LogP contribution in [0.2, 0.25) is 0 Å². The number of fused-ring (bicyclic) bond motifs is 1. The minimum absolute atomic E-state index is 0.204. The minimum Gasteiger partial charge on any atom is -0.397 e. The topological polar surface area (TPSA) is 104 Å². The molecule has 0 radical (unpaired) electrons. The van der Waals surface area contributed by atoms with E-state index in [1.807, 2.05) is 0 Å². The molecule has 112 valence electrons. The van der Waals surface area contributed by atoms with E-state index in [-0.39, 0.29) is 5.56 Å². The summed E-state index contributed by atoms with van der Waals surface area (Å²) in [5.41, 5.74) is 6.90. The van der Waals surface area contributed by atoms with E-state index in [1.165, 1.54) is 12.7 Å². The van der Waals surface area contributed by atoms with Crippen molar-refractivity contribution in [2.24, 2.45) is 0 Å². The average Bonchev–Trinajstić information content (AvgIpc) is 2.47. The van der Waals surface area contributed by atoms with Gasteiger partial charge in [0.2, 0.25) is 0 Å².